The molecule has 5 nitrogen and oxygen atoms in total. The van der Waals surface area contributed by atoms with Crippen LogP contribution in [0.4, 0.5) is 4.39 Å². The summed E-state index contributed by atoms with van der Waals surface area (Å²) in [4.78, 5) is 4.32. The number of imidazole rings is 1. The predicted octanol–water partition coefficient (Wildman–Crippen LogP) is 4.75. The van der Waals surface area contributed by atoms with Gasteiger partial charge >= 0.3 is 0 Å². The second-order valence-electron chi connectivity index (χ2n) is 5.82. The first-order valence-electron chi connectivity index (χ1n) is 8.19. The number of aryl methyl sites for hydroxylation is 1. The van der Waals surface area contributed by atoms with Crippen LogP contribution in [0.1, 0.15) is 5.82 Å². The van der Waals surface area contributed by atoms with E-state index in [4.69, 9.17) is 11.6 Å². The van der Waals surface area contributed by atoms with E-state index in [9.17, 15) is 4.39 Å². The zero-order chi connectivity index (χ0) is 18.8. The molecule has 2 heterocycles. The second-order valence-corrected chi connectivity index (χ2v) is 7.17. The fourth-order valence-electron chi connectivity index (χ4n) is 2.70. The minimum atomic E-state index is -0.357. The largest absolute Gasteiger partial charge is 0.337 e. The maximum Gasteiger partial charge on any atom is 0.196 e. The summed E-state index contributed by atoms with van der Waals surface area (Å²) >= 11 is 7.79. The first kappa shape index (κ1) is 17.8. The van der Waals surface area contributed by atoms with Gasteiger partial charge in [-0.25, -0.2) is 9.37 Å². The van der Waals surface area contributed by atoms with Gasteiger partial charge in [0.2, 0.25) is 0 Å². The molecule has 4 rings (SSSR count). The molecule has 4 aromatic rings. The van der Waals surface area contributed by atoms with Crippen LogP contribution in [-0.2, 0) is 12.8 Å². The molecule has 0 unspecified atom stereocenters. The van der Waals surface area contributed by atoms with Gasteiger partial charge in [0.15, 0.2) is 11.0 Å². The normalized spacial score (nSPS) is 11.1. The van der Waals surface area contributed by atoms with Crippen molar-refractivity contribution >= 4 is 23.4 Å². The number of halogens is 2. The Hall–Kier alpha value is -2.64. The summed E-state index contributed by atoms with van der Waals surface area (Å²) in [6.07, 6.45) is 3.62. The molecule has 2 aromatic carbocycles. The molecule has 0 atom stereocenters. The lowest BCUT2D eigenvalue weighted by atomic mass is 10.2. The summed E-state index contributed by atoms with van der Waals surface area (Å²) in [6.45, 7) is 0. The number of thioether (sulfide) groups is 1. The molecule has 0 aliphatic rings. The van der Waals surface area contributed by atoms with Crippen LogP contribution in [0.2, 0.25) is 5.02 Å². The average molecular weight is 400 g/mol. The van der Waals surface area contributed by atoms with Gasteiger partial charge in [-0.15, -0.1) is 10.2 Å². The Kier molecular flexibility index (Phi) is 4.96. The van der Waals surface area contributed by atoms with E-state index in [1.807, 2.05) is 36.0 Å². The van der Waals surface area contributed by atoms with Crippen molar-refractivity contribution in [3.8, 4) is 17.1 Å². The molecule has 0 amide bonds. The lowest BCUT2D eigenvalue weighted by Crippen LogP contribution is -2.03. The average Bonchev–Trinajstić information content (AvgIpc) is 3.27. The van der Waals surface area contributed by atoms with Crippen LogP contribution >= 0.6 is 23.4 Å². The monoisotopic (exact) mass is 399 g/mol. The highest BCUT2D eigenvalue weighted by Gasteiger charge is 2.20. The van der Waals surface area contributed by atoms with Crippen molar-refractivity contribution in [1.82, 2.24) is 24.3 Å². The summed E-state index contributed by atoms with van der Waals surface area (Å²) in [5.41, 5.74) is 1.07. The van der Waals surface area contributed by atoms with Crippen LogP contribution < -0.4 is 0 Å². The Balaban J connectivity index is 1.81. The predicted molar refractivity (Wildman–Crippen MR) is 105 cm³/mol. The molecule has 0 N–H and O–H groups in total. The van der Waals surface area contributed by atoms with E-state index >= 15 is 0 Å². The number of nitrogens with zero attached hydrogens (tertiary/aromatic N) is 5. The third kappa shape index (κ3) is 3.48. The molecule has 0 radical (unpaired) electrons. The Bertz CT molecular complexity index is 1090. The molecule has 0 bridgehead atoms. The number of benzene rings is 2. The summed E-state index contributed by atoms with van der Waals surface area (Å²) in [5, 5.41) is 9.69. The zero-order valence-electron chi connectivity index (χ0n) is 14.4. The summed E-state index contributed by atoms with van der Waals surface area (Å²) in [5.74, 6) is 1.61. The highest BCUT2D eigenvalue weighted by molar-refractivity contribution is 7.98. The van der Waals surface area contributed by atoms with E-state index in [1.54, 1.807) is 35.0 Å². The number of hydrogen-bond donors (Lipinski definition) is 0. The van der Waals surface area contributed by atoms with Crippen molar-refractivity contribution in [3.05, 3.63) is 77.6 Å². The van der Waals surface area contributed by atoms with E-state index in [0.717, 1.165) is 5.82 Å². The van der Waals surface area contributed by atoms with Crippen molar-refractivity contribution in [2.75, 3.05) is 0 Å². The standard InChI is InChI=1S/C19H15ClFN5S/c1-25-11-10-22-17(25)12-27-19-24-23-18(13-6-2-3-7-14(13)20)26(19)16-9-5-4-8-15(16)21/h2-11H,12H2,1H3. The van der Waals surface area contributed by atoms with Gasteiger partial charge in [0, 0.05) is 25.0 Å². The van der Waals surface area contributed by atoms with E-state index < -0.39 is 0 Å². The van der Waals surface area contributed by atoms with E-state index in [2.05, 4.69) is 15.2 Å². The first-order valence-corrected chi connectivity index (χ1v) is 9.55. The number of aromatic nitrogens is 5. The minimum absolute atomic E-state index is 0.357. The van der Waals surface area contributed by atoms with Crippen molar-refractivity contribution in [2.24, 2.45) is 7.05 Å². The number of para-hydroxylation sites is 1. The van der Waals surface area contributed by atoms with Crippen LogP contribution in [0, 0.1) is 5.82 Å². The highest BCUT2D eigenvalue weighted by atomic mass is 35.5. The molecular weight excluding hydrogens is 385 g/mol. The zero-order valence-corrected chi connectivity index (χ0v) is 16.0. The van der Waals surface area contributed by atoms with Crippen LogP contribution in [0.3, 0.4) is 0 Å². The van der Waals surface area contributed by atoms with Gasteiger partial charge in [-0.05, 0) is 24.3 Å². The molecule has 0 saturated heterocycles. The van der Waals surface area contributed by atoms with Crippen molar-refractivity contribution in [3.63, 3.8) is 0 Å². The Labute approximate surface area is 164 Å². The van der Waals surface area contributed by atoms with Gasteiger partial charge in [0.25, 0.3) is 0 Å². The molecule has 8 heteroatoms. The van der Waals surface area contributed by atoms with Crippen LogP contribution in [-0.4, -0.2) is 24.3 Å². The SMILES string of the molecule is Cn1ccnc1CSc1nnc(-c2ccccc2Cl)n1-c1ccccc1F. The van der Waals surface area contributed by atoms with Gasteiger partial charge in [-0.1, -0.05) is 47.6 Å². The van der Waals surface area contributed by atoms with Crippen LogP contribution in [0.5, 0.6) is 0 Å². The summed E-state index contributed by atoms with van der Waals surface area (Å²) in [7, 11) is 1.93. The highest BCUT2D eigenvalue weighted by Crippen LogP contribution is 2.33. The van der Waals surface area contributed by atoms with E-state index in [0.29, 0.717) is 33.0 Å². The van der Waals surface area contributed by atoms with Crippen molar-refractivity contribution < 1.29 is 4.39 Å². The van der Waals surface area contributed by atoms with E-state index in [-0.39, 0.29) is 5.82 Å². The van der Waals surface area contributed by atoms with Gasteiger partial charge < -0.3 is 4.57 Å². The van der Waals surface area contributed by atoms with Crippen LogP contribution in [0.25, 0.3) is 17.1 Å². The van der Waals surface area contributed by atoms with Gasteiger partial charge in [-0.2, -0.15) is 0 Å². The van der Waals surface area contributed by atoms with Crippen molar-refractivity contribution in [2.45, 2.75) is 10.9 Å². The van der Waals surface area contributed by atoms with E-state index in [1.165, 1.54) is 17.8 Å². The molecule has 2 aromatic heterocycles. The molecule has 27 heavy (non-hydrogen) atoms. The molecule has 0 saturated carbocycles. The molecule has 0 aliphatic heterocycles. The lowest BCUT2D eigenvalue weighted by Gasteiger charge is -2.12. The maximum absolute atomic E-state index is 14.6. The third-order valence-electron chi connectivity index (χ3n) is 4.09. The van der Waals surface area contributed by atoms with Crippen LogP contribution in [0.15, 0.2) is 66.1 Å². The fourth-order valence-corrected chi connectivity index (χ4v) is 3.86. The van der Waals surface area contributed by atoms with Crippen molar-refractivity contribution in [1.29, 1.82) is 0 Å². The third-order valence-corrected chi connectivity index (χ3v) is 5.35. The molecule has 0 aliphatic carbocycles. The topological polar surface area (TPSA) is 48.5 Å². The summed E-state index contributed by atoms with van der Waals surface area (Å²) < 4.78 is 18.2. The fraction of sp³-hybridized carbons (Fsp3) is 0.105. The minimum Gasteiger partial charge on any atom is -0.337 e. The molecule has 0 fully saturated rings. The number of rotatable bonds is 5. The quantitative estimate of drug-likeness (QED) is 0.454. The van der Waals surface area contributed by atoms with Gasteiger partial charge in [0.05, 0.1) is 16.5 Å². The second kappa shape index (κ2) is 7.54. The smallest absolute Gasteiger partial charge is 0.196 e. The number of hydrogen-bond acceptors (Lipinski definition) is 4. The Morgan fingerprint density at radius 2 is 1.85 bits per heavy atom. The van der Waals surface area contributed by atoms with Gasteiger partial charge in [-0.3, -0.25) is 4.57 Å². The first-order chi connectivity index (χ1) is 13.1. The lowest BCUT2D eigenvalue weighted by molar-refractivity contribution is 0.613. The Morgan fingerprint density at radius 3 is 2.59 bits per heavy atom. The molecule has 0 spiro atoms. The molecule has 136 valence electrons. The Morgan fingerprint density at radius 1 is 1.07 bits per heavy atom. The molecular formula is C19H15ClFN5S. The maximum atomic E-state index is 14.6. The summed E-state index contributed by atoms with van der Waals surface area (Å²) in [6, 6.07) is 13.9. The van der Waals surface area contributed by atoms with Gasteiger partial charge in [0.1, 0.15) is 11.6 Å².